The van der Waals surface area contributed by atoms with Crippen LogP contribution in [-0.4, -0.2) is 60.9 Å². The first-order chi connectivity index (χ1) is 8.06. The highest BCUT2D eigenvalue weighted by atomic mass is 16.2. The summed E-state index contributed by atoms with van der Waals surface area (Å²) < 4.78 is 0. The van der Waals surface area contributed by atoms with Crippen molar-refractivity contribution in [1.82, 2.24) is 15.1 Å². The zero-order chi connectivity index (χ0) is 12.4. The van der Waals surface area contributed by atoms with E-state index in [1.807, 2.05) is 14.1 Å². The summed E-state index contributed by atoms with van der Waals surface area (Å²) in [6.45, 7) is 1.57. The second kappa shape index (κ2) is 5.04. The van der Waals surface area contributed by atoms with Crippen molar-refractivity contribution in [1.29, 1.82) is 0 Å². The minimum absolute atomic E-state index is 0.235. The van der Waals surface area contributed by atoms with E-state index in [9.17, 15) is 9.59 Å². The molecule has 1 N–H and O–H groups in total. The van der Waals surface area contributed by atoms with E-state index >= 15 is 0 Å². The van der Waals surface area contributed by atoms with Crippen molar-refractivity contribution in [2.24, 2.45) is 0 Å². The molecule has 5 heteroatoms. The number of carbonyl (C=O) groups excluding carboxylic acids is 2. The van der Waals surface area contributed by atoms with Gasteiger partial charge < -0.3 is 15.1 Å². The number of hydrogen-bond acceptors (Lipinski definition) is 3. The van der Waals surface area contributed by atoms with Crippen molar-refractivity contribution in [2.45, 2.75) is 37.8 Å². The van der Waals surface area contributed by atoms with E-state index < -0.39 is 0 Å². The summed E-state index contributed by atoms with van der Waals surface area (Å²) in [4.78, 5) is 26.3. The van der Waals surface area contributed by atoms with E-state index in [1.165, 1.54) is 0 Å². The molecule has 2 unspecified atom stereocenters. The molecule has 0 spiro atoms. The highest BCUT2D eigenvalue weighted by molar-refractivity contribution is 5.77. The molecular weight excluding hydrogens is 218 g/mol. The van der Waals surface area contributed by atoms with Crippen LogP contribution in [0.2, 0.25) is 0 Å². The van der Waals surface area contributed by atoms with Gasteiger partial charge in [0.15, 0.2) is 0 Å². The fourth-order valence-electron chi connectivity index (χ4n) is 2.63. The minimum Gasteiger partial charge on any atom is -0.344 e. The van der Waals surface area contributed by atoms with Crippen molar-refractivity contribution in [3.63, 3.8) is 0 Å². The number of likely N-dealkylation sites (N-methyl/N-ethyl adjacent to an activating group) is 2. The van der Waals surface area contributed by atoms with Crippen LogP contribution in [0.15, 0.2) is 0 Å². The summed E-state index contributed by atoms with van der Waals surface area (Å²) in [5.41, 5.74) is 0. The van der Waals surface area contributed by atoms with Gasteiger partial charge in [-0.15, -0.1) is 0 Å². The molecule has 2 rings (SSSR count). The van der Waals surface area contributed by atoms with Gasteiger partial charge >= 0.3 is 0 Å². The third-order valence-electron chi connectivity index (χ3n) is 3.72. The van der Waals surface area contributed by atoms with Crippen molar-refractivity contribution >= 4 is 11.8 Å². The molecule has 2 saturated heterocycles. The Bertz CT molecular complexity index is 289. The Morgan fingerprint density at radius 2 is 1.35 bits per heavy atom. The third-order valence-corrected chi connectivity index (χ3v) is 3.72. The van der Waals surface area contributed by atoms with E-state index in [4.69, 9.17) is 0 Å². The van der Waals surface area contributed by atoms with Crippen LogP contribution in [0.5, 0.6) is 0 Å². The van der Waals surface area contributed by atoms with Crippen LogP contribution < -0.4 is 5.32 Å². The fraction of sp³-hybridized carbons (Fsp3) is 0.833. The topological polar surface area (TPSA) is 52.7 Å². The van der Waals surface area contributed by atoms with Gasteiger partial charge in [0.05, 0.1) is 0 Å². The lowest BCUT2D eigenvalue weighted by Crippen LogP contribution is -2.54. The van der Waals surface area contributed by atoms with Crippen molar-refractivity contribution in [2.75, 3.05) is 27.2 Å². The number of nitrogens with zero attached hydrogens (tertiary/aromatic N) is 2. The number of hydrogen-bond donors (Lipinski definition) is 1. The smallest absolute Gasteiger partial charge is 0.222 e. The minimum atomic E-state index is 0.235. The fourth-order valence-corrected chi connectivity index (χ4v) is 2.63. The van der Waals surface area contributed by atoms with Crippen molar-refractivity contribution in [3.8, 4) is 0 Å². The number of likely N-dealkylation sites (tertiary alicyclic amines) is 2. The normalized spacial score (nSPS) is 30.9. The lowest BCUT2D eigenvalue weighted by Gasteiger charge is -2.36. The number of nitrogens with one attached hydrogen (secondary N) is 1. The van der Waals surface area contributed by atoms with Gasteiger partial charge in [-0.3, -0.25) is 9.59 Å². The lowest BCUT2D eigenvalue weighted by atomic mass is 10.0. The van der Waals surface area contributed by atoms with E-state index in [-0.39, 0.29) is 11.8 Å². The quantitative estimate of drug-likeness (QED) is 0.727. The summed E-state index contributed by atoms with van der Waals surface area (Å²) in [6, 6.07) is 0.758. The van der Waals surface area contributed by atoms with Crippen LogP contribution in [0, 0.1) is 0 Å². The number of rotatable bonds is 2. The van der Waals surface area contributed by atoms with E-state index in [1.54, 1.807) is 9.80 Å². The standard InChI is InChI=1S/C12H21N3O2/c1-14-7-9(3-5-11(14)16)13-10-4-6-12(17)15(2)8-10/h9-10,13H,3-8H2,1-2H3. The van der Waals surface area contributed by atoms with Crippen LogP contribution in [0.4, 0.5) is 0 Å². The van der Waals surface area contributed by atoms with E-state index in [0.29, 0.717) is 24.9 Å². The highest BCUT2D eigenvalue weighted by Gasteiger charge is 2.28. The van der Waals surface area contributed by atoms with Crippen LogP contribution in [0.3, 0.4) is 0 Å². The molecule has 0 aliphatic carbocycles. The van der Waals surface area contributed by atoms with Crippen LogP contribution in [-0.2, 0) is 9.59 Å². The average molecular weight is 239 g/mol. The van der Waals surface area contributed by atoms with Crippen LogP contribution in [0.1, 0.15) is 25.7 Å². The summed E-state index contributed by atoms with van der Waals surface area (Å²) >= 11 is 0. The second-order valence-corrected chi connectivity index (χ2v) is 5.19. The zero-order valence-electron chi connectivity index (χ0n) is 10.6. The summed E-state index contributed by atoms with van der Waals surface area (Å²) in [5, 5.41) is 3.57. The maximum Gasteiger partial charge on any atom is 0.222 e. The predicted molar refractivity (Wildman–Crippen MR) is 64.5 cm³/mol. The van der Waals surface area contributed by atoms with Gasteiger partial charge in [0.1, 0.15) is 0 Å². The molecule has 0 radical (unpaired) electrons. The van der Waals surface area contributed by atoms with Crippen LogP contribution >= 0.6 is 0 Å². The van der Waals surface area contributed by atoms with E-state index in [2.05, 4.69) is 5.32 Å². The molecule has 2 heterocycles. The molecule has 2 fully saturated rings. The molecule has 0 bridgehead atoms. The first kappa shape index (κ1) is 12.4. The monoisotopic (exact) mass is 239 g/mol. The summed E-state index contributed by atoms with van der Waals surface area (Å²) in [5.74, 6) is 0.470. The molecule has 2 aliphatic heterocycles. The van der Waals surface area contributed by atoms with Gasteiger partial charge in [-0.1, -0.05) is 0 Å². The van der Waals surface area contributed by atoms with Gasteiger partial charge in [0, 0.05) is 52.1 Å². The Kier molecular flexibility index (Phi) is 3.66. The first-order valence-electron chi connectivity index (χ1n) is 6.30. The van der Waals surface area contributed by atoms with Gasteiger partial charge in [-0.05, 0) is 12.8 Å². The largest absolute Gasteiger partial charge is 0.344 e. The first-order valence-corrected chi connectivity index (χ1v) is 6.30. The summed E-state index contributed by atoms with van der Waals surface area (Å²) in [7, 11) is 3.71. The molecule has 2 amide bonds. The number of piperidine rings is 2. The Labute approximate surface area is 102 Å². The molecular formula is C12H21N3O2. The number of amides is 2. The average Bonchev–Trinajstić information content (AvgIpc) is 2.29. The van der Waals surface area contributed by atoms with Crippen molar-refractivity contribution < 1.29 is 9.59 Å². The molecule has 0 aromatic rings. The van der Waals surface area contributed by atoms with Gasteiger partial charge in [-0.25, -0.2) is 0 Å². The highest BCUT2D eigenvalue weighted by Crippen LogP contribution is 2.14. The van der Waals surface area contributed by atoms with Gasteiger partial charge in [0.25, 0.3) is 0 Å². The third kappa shape index (κ3) is 2.97. The van der Waals surface area contributed by atoms with Gasteiger partial charge in [-0.2, -0.15) is 0 Å². The molecule has 0 saturated carbocycles. The Morgan fingerprint density at radius 3 is 1.71 bits per heavy atom. The van der Waals surface area contributed by atoms with Crippen LogP contribution in [0.25, 0.3) is 0 Å². The Morgan fingerprint density at radius 1 is 0.941 bits per heavy atom. The lowest BCUT2D eigenvalue weighted by molar-refractivity contribution is -0.133. The van der Waals surface area contributed by atoms with E-state index in [0.717, 1.165) is 25.9 Å². The second-order valence-electron chi connectivity index (χ2n) is 5.19. The molecule has 0 aromatic heterocycles. The zero-order valence-corrected chi connectivity index (χ0v) is 10.6. The maximum atomic E-state index is 11.4. The predicted octanol–water partition coefficient (Wildman–Crippen LogP) is -0.182. The van der Waals surface area contributed by atoms with Gasteiger partial charge in [0.2, 0.25) is 11.8 Å². The van der Waals surface area contributed by atoms with Crippen molar-refractivity contribution in [3.05, 3.63) is 0 Å². The SMILES string of the molecule is CN1CC(NC2CCC(=O)N(C)C2)CCC1=O. The Balaban J connectivity index is 1.81. The molecule has 96 valence electrons. The molecule has 5 nitrogen and oxygen atoms in total. The number of carbonyl (C=O) groups is 2. The Hall–Kier alpha value is -1.10. The summed E-state index contributed by atoms with van der Waals surface area (Å²) in [6.07, 6.45) is 3.10. The maximum absolute atomic E-state index is 11.4. The molecule has 17 heavy (non-hydrogen) atoms. The molecule has 2 aliphatic rings. The molecule has 2 atom stereocenters. The molecule has 0 aromatic carbocycles.